The largest absolute Gasteiger partial charge is 0.353 e. The number of nitrogens with one attached hydrogen (secondary N) is 1. The van der Waals surface area contributed by atoms with E-state index in [1.807, 2.05) is 23.1 Å². The Morgan fingerprint density at radius 2 is 2.04 bits per heavy atom. The molecular weight excluding hydrogens is 350 g/mol. The van der Waals surface area contributed by atoms with Crippen molar-refractivity contribution in [2.45, 2.75) is 57.2 Å². The lowest BCUT2D eigenvalue weighted by Crippen LogP contribution is -2.59. The summed E-state index contributed by atoms with van der Waals surface area (Å²) in [5.41, 5.74) is 2.28. The Labute approximate surface area is 159 Å². The van der Waals surface area contributed by atoms with Gasteiger partial charge in [0, 0.05) is 37.2 Å². The highest BCUT2D eigenvalue weighted by Crippen LogP contribution is 2.29. The van der Waals surface area contributed by atoms with Crippen molar-refractivity contribution in [3.8, 4) is 0 Å². The van der Waals surface area contributed by atoms with Crippen LogP contribution in [0.5, 0.6) is 0 Å². The number of carbonyl (C=O) groups excluding carboxylic acids is 2. The van der Waals surface area contributed by atoms with Gasteiger partial charge in [0.15, 0.2) is 0 Å². The third-order valence-corrected chi connectivity index (χ3v) is 6.45. The van der Waals surface area contributed by atoms with Crippen LogP contribution in [-0.4, -0.2) is 53.3 Å². The van der Waals surface area contributed by atoms with Gasteiger partial charge in [0.25, 0.3) is 0 Å². The molecule has 0 radical (unpaired) electrons. The fourth-order valence-corrected chi connectivity index (χ4v) is 4.97. The molecule has 4 rings (SSSR count). The lowest BCUT2D eigenvalue weighted by atomic mass is 9.98. The van der Waals surface area contributed by atoms with Crippen LogP contribution in [0.25, 0.3) is 0 Å². The van der Waals surface area contributed by atoms with Crippen LogP contribution in [0.1, 0.15) is 43.2 Å². The molecule has 140 valence electrons. The lowest BCUT2D eigenvalue weighted by molar-refractivity contribution is -0.140. The van der Waals surface area contributed by atoms with Gasteiger partial charge in [-0.1, -0.05) is 36.6 Å². The second-order valence-electron chi connectivity index (χ2n) is 7.63. The van der Waals surface area contributed by atoms with E-state index in [2.05, 4.69) is 10.2 Å². The van der Waals surface area contributed by atoms with Gasteiger partial charge in [-0.15, -0.1) is 0 Å². The molecule has 1 saturated heterocycles. The molecule has 26 heavy (non-hydrogen) atoms. The van der Waals surface area contributed by atoms with E-state index in [1.54, 1.807) is 0 Å². The third kappa shape index (κ3) is 3.47. The number of halogens is 1. The molecule has 1 N–H and O–H groups in total. The van der Waals surface area contributed by atoms with Gasteiger partial charge in [0.2, 0.25) is 11.8 Å². The van der Waals surface area contributed by atoms with Crippen molar-refractivity contribution in [3.63, 3.8) is 0 Å². The summed E-state index contributed by atoms with van der Waals surface area (Å²) in [6.07, 6.45) is 5.81. The number of piperazine rings is 1. The number of hydrogen-bond donors (Lipinski definition) is 1. The Morgan fingerprint density at radius 3 is 2.85 bits per heavy atom. The van der Waals surface area contributed by atoms with Gasteiger partial charge in [-0.2, -0.15) is 0 Å². The van der Waals surface area contributed by atoms with Crippen molar-refractivity contribution >= 4 is 23.4 Å². The number of carbonyl (C=O) groups is 2. The Bertz CT molecular complexity index is 702. The standard InChI is InChI=1S/C20H26ClN3O2/c21-17-7-3-4-14-13-23(10-8-16(14)17)19(25)12-18-20(26)22-9-11-24(18)15-5-1-2-6-15/h3-4,7,15,18H,1-2,5-6,8-13H2,(H,22,26). The van der Waals surface area contributed by atoms with E-state index >= 15 is 0 Å². The molecule has 1 aliphatic carbocycles. The van der Waals surface area contributed by atoms with Crippen LogP contribution in [0.2, 0.25) is 5.02 Å². The predicted octanol–water partition coefficient (Wildman–Crippen LogP) is 2.36. The number of nitrogens with zero attached hydrogens (tertiary/aromatic N) is 2. The van der Waals surface area contributed by atoms with E-state index in [0.29, 0.717) is 25.7 Å². The second-order valence-corrected chi connectivity index (χ2v) is 8.04. The van der Waals surface area contributed by atoms with Crippen molar-refractivity contribution in [1.29, 1.82) is 0 Å². The van der Waals surface area contributed by atoms with Crippen molar-refractivity contribution in [3.05, 3.63) is 34.3 Å². The minimum absolute atomic E-state index is 0.0111. The van der Waals surface area contributed by atoms with Crippen LogP contribution in [-0.2, 0) is 22.6 Å². The van der Waals surface area contributed by atoms with Gasteiger partial charge >= 0.3 is 0 Å². The Morgan fingerprint density at radius 1 is 1.23 bits per heavy atom. The van der Waals surface area contributed by atoms with Crippen molar-refractivity contribution in [2.24, 2.45) is 0 Å². The minimum atomic E-state index is -0.319. The van der Waals surface area contributed by atoms with E-state index in [4.69, 9.17) is 11.6 Å². The van der Waals surface area contributed by atoms with E-state index in [1.165, 1.54) is 12.8 Å². The highest BCUT2D eigenvalue weighted by molar-refractivity contribution is 6.31. The number of fused-ring (bicyclic) bond motifs is 1. The molecule has 2 heterocycles. The topological polar surface area (TPSA) is 52.7 Å². The molecular formula is C20H26ClN3O2. The van der Waals surface area contributed by atoms with E-state index in [0.717, 1.165) is 42.0 Å². The zero-order chi connectivity index (χ0) is 18.1. The zero-order valence-corrected chi connectivity index (χ0v) is 15.8. The second kappa shape index (κ2) is 7.57. The quantitative estimate of drug-likeness (QED) is 0.882. The molecule has 1 aromatic carbocycles. The summed E-state index contributed by atoms with van der Waals surface area (Å²) in [6, 6.07) is 6.02. The molecule has 6 heteroatoms. The Hall–Kier alpha value is -1.59. The summed E-state index contributed by atoms with van der Waals surface area (Å²) in [7, 11) is 0. The first-order chi connectivity index (χ1) is 12.6. The summed E-state index contributed by atoms with van der Waals surface area (Å²) in [5, 5.41) is 3.73. The van der Waals surface area contributed by atoms with Crippen LogP contribution >= 0.6 is 11.6 Å². The molecule has 2 aliphatic heterocycles. The lowest BCUT2D eigenvalue weighted by Gasteiger charge is -2.40. The fourth-order valence-electron chi connectivity index (χ4n) is 4.69. The van der Waals surface area contributed by atoms with Crippen LogP contribution in [0.3, 0.4) is 0 Å². The maximum absolute atomic E-state index is 13.0. The summed E-state index contributed by atoms with van der Waals surface area (Å²) < 4.78 is 0. The molecule has 1 unspecified atom stereocenters. The first-order valence-electron chi connectivity index (χ1n) is 9.71. The number of amides is 2. The summed E-state index contributed by atoms with van der Waals surface area (Å²) in [4.78, 5) is 29.6. The summed E-state index contributed by atoms with van der Waals surface area (Å²) in [6.45, 7) is 2.81. The third-order valence-electron chi connectivity index (χ3n) is 6.10. The van der Waals surface area contributed by atoms with Crippen molar-refractivity contribution < 1.29 is 9.59 Å². The normalized spacial score (nSPS) is 24.4. The Balaban J connectivity index is 1.45. The highest BCUT2D eigenvalue weighted by Gasteiger charge is 2.37. The van der Waals surface area contributed by atoms with Crippen LogP contribution < -0.4 is 5.32 Å². The molecule has 1 saturated carbocycles. The van der Waals surface area contributed by atoms with Gasteiger partial charge in [-0.25, -0.2) is 0 Å². The molecule has 2 fully saturated rings. The van der Waals surface area contributed by atoms with Crippen LogP contribution in [0.15, 0.2) is 18.2 Å². The first-order valence-corrected chi connectivity index (χ1v) is 10.1. The number of hydrogen-bond acceptors (Lipinski definition) is 3. The molecule has 0 spiro atoms. The van der Waals surface area contributed by atoms with Gasteiger partial charge in [-0.3, -0.25) is 14.5 Å². The molecule has 2 amide bonds. The number of benzene rings is 1. The van der Waals surface area contributed by atoms with E-state index in [-0.39, 0.29) is 24.3 Å². The highest BCUT2D eigenvalue weighted by atomic mass is 35.5. The smallest absolute Gasteiger partial charge is 0.237 e. The van der Waals surface area contributed by atoms with Crippen molar-refractivity contribution in [1.82, 2.24) is 15.1 Å². The van der Waals surface area contributed by atoms with Crippen LogP contribution in [0.4, 0.5) is 0 Å². The molecule has 0 bridgehead atoms. The molecule has 5 nitrogen and oxygen atoms in total. The molecule has 1 atom stereocenters. The van der Waals surface area contributed by atoms with Crippen LogP contribution in [0, 0.1) is 0 Å². The maximum Gasteiger partial charge on any atom is 0.237 e. The summed E-state index contributed by atoms with van der Waals surface area (Å²) in [5.74, 6) is 0.0811. The molecule has 3 aliphatic rings. The molecule has 0 aromatic heterocycles. The van der Waals surface area contributed by atoms with E-state index < -0.39 is 0 Å². The van der Waals surface area contributed by atoms with Gasteiger partial charge in [0.05, 0.1) is 12.5 Å². The number of rotatable bonds is 3. The predicted molar refractivity (Wildman–Crippen MR) is 101 cm³/mol. The fraction of sp³-hybridized carbons (Fsp3) is 0.600. The molecule has 1 aromatic rings. The van der Waals surface area contributed by atoms with Gasteiger partial charge in [0.1, 0.15) is 0 Å². The zero-order valence-electron chi connectivity index (χ0n) is 15.0. The SMILES string of the molecule is O=C1NCCN(C2CCCC2)C1CC(=O)N1CCc2c(Cl)cccc2C1. The van der Waals surface area contributed by atoms with Crippen molar-refractivity contribution in [2.75, 3.05) is 19.6 Å². The Kier molecular flexibility index (Phi) is 5.18. The average Bonchev–Trinajstić information content (AvgIpc) is 3.18. The van der Waals surface area contributed by atoms with Gasteiger partial charge < -0.3 is 10.2 Å². The van der Waals surface area contributed by atoms with E-state index in [9.17, 15) is 9.59 Å². The minimum Gasteiger partial charge on any atom is -0.353 e. The monoisotopic (exact) mass is 375 g/mol. The summed E-state index contributed by atoms with van der Waals surface area (Å²) >= 11 is 6.27. The first kappa shape index (κ1) is 17.8. The maximum atomic E-state index is 13.0. The average molecular weight is 376 g/mol. The van der Waals surface area contributed by atoms with Gasteiger partial charge in [-0.05, 0) is 36.5 Å².